The molecule has 2 rings (SSSR count). The molecule has 0 heterocycles. The summed E-state index contributed by atoms with van der Waals surface area (Å²) in [5.74, 6) is 2.37. The van der Waals surface area contributed by atoms with E-state index in [1.807, 2.05) is 6.07 Å². The highest BCUT2D eigenvalue weighted by atomic mass is 16.5. The Hall–Kier alpha value is -0.980. The number of ether oxygens (including phenoxy) is 1. The lowest BCUT2D eigenvalue weighted by Gasteiger charge is -2.26. The molecule has 0 saturated heterocycles. The fraction of sp³-hybridized carbons (Fsp3) is 0.500. The van der Waals surface area contributed by atoms with E-state index in [1.54, 1.807) is 7.11 Å². The third kappa shape index (κ3) is 2.53. The van der Waals surface area contributed by atoms with Crippen molar-refractivity contribution in [2.75, 3.05) is 7.11 Å². The summed E-state index contributed by atoms with van der Waals surface area (Å²) in [7, 11) is 1.73. The average molecular weight is 203 g/mol. The summed E-state index contributed by atoms with van der Waals surface area (Å²) >= 11 is 0. The molecule has 0 bridgehead atoms. The zero-order valence-electron chi connectivity index (χ0n) is 9.41. The first-order valence-electron chi connectivity index (χ1n) is 5.76. The van der Waals surface area contributed by atoms with Gasteiger partial charge in [0.05, 0.1) is 7.11 Å². The molecule has 1 heteroatoms. The minimum atomic E-state index is 0.673. The fourth-order valence-corrected chi connectivity index (χ4v) is 2.39. The topological polar surface area (TPSA) is 9.23 Å². The van der Waals surface area contributed by atoms with Crippen LogP contribution in [0.2, 0.25) is 0 Å². The fourth-order valence-electron chi connectivity index (χ4n) is 2.39. The van der Waals surface area contributed by atoms with E-state index in [9.17, 15) is 0 Å². The van der Waals surface area contributed by atoms with Crippen molar-refractivity contribution in [3.8, 4) is 5.75 Å². The van der Waals surface area contributed by atoms with Gasteiger partial charge in [0.15, 0.2) is 0 Å². The Bertz CT molecular complexity index is 311. The van der Waals surface area contributed by atoms with Crippen LogP contribution in [0, 0.1) is 12.8 Å². The molecule has 1 aromatic rings. The zero-order valence-corrected chi connectivity index (χ0v) is 9.41. The van der Waals surface area contributed by atoms with Gasteiger partial charge >= 0.3 is 0 Å². The Kier molecular flexibility index (Phi) is 3.30. The van der Waals surface area contributed by atoms with Crippen LogP contribution in [0.15, 0.2) is 24.3 Å². The molecule has 0 unspecified atom stereocenters. The molecule has 0 amide bonds. The number of rotatable bonds is 2. The summed E-state index contributed by atoms with van der Waals surface area (Å²) in [6.07, 6.45) is 5.09. The second-order valence-electron chi connectivity index (χ2n) is 4.49. The molecule has 1 nitrogen and oxygen atoms in total. The van der Waals surface area contributed by atoms with Crippen LogP contribution in [0.3, 0.4) is 0 Å². The van der Waals surface area contributed by atoms with Gasteiger partial charge in [-0.15, -0.1) is 0 Å². The average Bonchev–Trinajstić information content (AvgIpc) is 2.30. The van der Waals surface area contributed by atoms with Crippen LogP contribution in [-0.2, 0) is 0 Å². The van der Waals surface area contributed by atoms with Crippen molar-refractivity contribution in [2.24, 2.45) is 5.92 Å². The number of methoxy groups -OCH3 is 1. The first-order valence-corrected chi connectivity index (χ1v) is 5.76. The van der Waals surface area contributed by atoms with E-state index in [4.69, 9.17) is 4.74 Å². The second-order valence-corrected chi connectivity index (χ2v) is 4.49. The van der Waals surface area contributed by atoms with Crippen LogP contribution >= 0.6 is 0 Å². The summed E-state index contributed by atoms with van der Waals surface area (Å²) in [4.78, 5) is 0. The Morgan fingerprint density at radius 3 is 2.60 bits per heavy atom. The minimum Gasteiger partial charge on any atom is -0.497 e. The highest BCUT2D eigenvalue weighted by Crippen LogP contribution is 2.36. The van der Waals surface area contributed by atoms with E-state index in [2.05, 4.69) is 25.1 Å². The van der Waals surface area contributed by atoms with Gasteiger partial charge in [0.25, 0.3) is 0 Å². The highest BCUT2D eigenvalue weighted by molar-refractivity contribution is 5.31. The van der Waals surface area contributed by atoms with Gasteiger partial charge in [-0.3, -0.25) is 0 Å². The van der Waals surface area contributed by atoms with E-state index in [0.717, 1.165) is 11.7 Å². The first kappa shape index (κ1) is 10.5. The predicted octanol–water partition coefficient (Wildman–Crippen LogP) is 3.80. The number of benzene rings is 1. The van der Waals surface area contributed by atoms with Gasteiger partial charge in [-0.1, -0.05) is 19.1 Å². The number of hydrogen-bond donors (Lipinski definition) is 0. The summed E-state index contributed by atoms with van der Waals surface area (Å²) < 4.78 is 5.25. The van der Waals surface area contributed by atoms with E-state index in [-0.39, 0.29) is 0 Å². The third-order valence-electron chi connectivity index (χ3n) is 3.41. The third-order valence-corrected chi connectivity index (χ3v) is 3.41. The highest BCUT2D eigenvalue weighted by Gasteiger charge is 2.19. The molecular formula is C14H19O. The summed E-state index contributed by atoms with van der Waals surface area (Å²) in [6, 6.07) is 8.49. The lowest BCUT2D eigenvalue weighted by atomic mass is 9.79. The largest absolute Gasteiger partial charge is 0.497 e. The van der Waals surface area contributed by atoms with Crippen molar-refractivity contribution in [1.29, 1.82) is 0 Å². The lowest BCUT2D eigenvalue weighted by molar-refractivity contribution is 0.371. The molecular weight excluding hydrogens is 184 g/mol. The number of hydrogen-bond acceptors (Lipinski definition) is 1. The van der Waals surface area contributed by atoms with E-state index in [0.29, 0.717) is 5.92 Å². The standard InChI is InChI=1S/C14H19O/c1-11-6-8-12(9-7-11)13-4-3-5-14(10-13)15-2/h3-5,10-12H,1,6-9H2,2H3. The molecule has 0 aromatic heterocycles. The van der Waals surface area contributed by atoms with Gasteiger partial charge < -0.3 is 4.74 Å². The maximum Gasteiger partial charge on any atom is 0.119 e. The molecule has 1 aromatic carbocycles. The van der Waals surface area contributed by atoms with Crippen LogP contribution in [0.4, 0.5) is 0 Å². The normalized spacial score (nSPS) is 26.3. The molecule has 0 aliphatic heterocycles. The molecule has 81 valence electrons. The van der Waals surface area contributed by atoms with Gasteiger partial charge in [-0.05, 0) is 55.2 Å². The molecule has 1 radical (unpaired) electrons. The molecule has 0 atom stereocenters. The molecule has 15 heavy (non-hydrogen) atoms. The van der Waals surface area contributed by atoms with Gasteiger partial charge in [-0.25, -0.2) is 0 Å². The monoisotopic (exact) mass is 203 g/mol. The van der Waals surface area contributed by atoms with Crippen molar-refractivity contribution in [3.63, 3.8) is 0 Å². The molecule has 1 saturated carbocycles. The van der Waals surface area contributed by atoms with Gasteiger partial charge in [0.1, 0.15) is 5.75 Å². The predicted molar refractivity (Wildman–Crippen MR) is 63.1 cm³/mol. The van der Waals surface area contributed by atoms with Gasteiger partial charge in [0.2, 0.25) is 0 Å². The van der Waals surface area contributed by atoms with Crippen molar-refractivity contribution >= 4 is 0 Å². The van der Waals surface area contributed by atoms with Crippen molar-refractivity contribution < 1.29 is 4.74 Å². The molecule has 1 fully saturated rings. The Balaban J connectivity index is 2.08. The van der Waals surface area contributed by atoms with Gasteiger partial charge in [0, 0.05) is 0 Å². The maximum atomic E-state index is 5.25. The molecule has 0 N–H and O–H groups in total. The molecule has 1 aliphatic carbocycles. The van der Waals surface area contributed by atoms with E-state index in [1.165, 1.54) is 31.2 Å². The van der Waals surface area contributed by atoms with Crippen LogP contribution in [0.25, 0.3) is 0 Å². The van der Waals surface area contributed by atoms with Crippen LogP contribution in [-0.4, -0.2) is 7.11 Å². The van der Waals surface area contributed by atoms with Crippen LogP contribution in [0.1, 0.15) is 37.2 Å². The minimum absolute atomic E-state index is 0.673. The second kappa shape index (κ2) is 4.69. The van der Waals surface area contributed by atoms with Crippen molar-refractivity contribution in [3.05, 3.63) is 36.8 Å². The first-order chi connectivity index (χ1) is 7.29. The summed E-state index contributed by atoms with van der Waals surface area (Å²) in [6.45, 7) is 4.13. The maximum absolute atomic E-state index is 5.25. The van der Waals surface area contributed by atoms with E-state index >= 15 is 0 Å². The Morgan fingerprint density at radius 1 is 1.20 bits per heavy atom. The Morgan fingerprint density at radius 2 is 1.93 bits per heavy atom. The van der Waals surface area contributed by atoms with E-state index < -0.39 is 0 Å². The van der Waals surface area contributed by atoms with Crippen LogP contribution < -0.4 is 4.74 Å². The van der Waals surface area contributed by atoms with Gasteiger partial charge in [-0.2, -0.15) is 0 Å². The molecule has 0 spiro atoms. The van der Waals surface area contributed by atoms with Crippen molar-refractivity contribution in [2.45, 2.75) is 31.6 Å². The molecule has 1 aliphatic rings. The Labute approximate surface area is 92.5 Å². The lowest BCUT2D eigenvalue weighted by Crippen LogP contribution is -2.10. The van der Waals surface area contributed by atoms with Crippen molar-refractivity contribution in [1.82, 2.24) is 0 Å². The smallest absolute Gasteiger partial charge is 0.119 e. The summed E-state index contributed by atoms with van der Waals surface area (Å²) in [5, 5.41) is 0. The van der Waals surface area contributed by atoms with Crippen LogP contribution in [0.5, 0.6) is 5.75 Å². The summed E-state index contributed by atoms with van der Waals surface area (Å²) in [5.41, 5.74) is 1.43. The SMILES string of the molecule is [CH2]C1CCC(c2cccc(OC)c2)CC1. The quantitative estimate of drug-likeness (QED) is 0.710. The zero-order chi connectivity index (χ0) is 10.7.